The maximum atomic E-state index is 12.8. The van der Waals surface area contributed by atoms with E-state index in [1.165, 1.54) is 0 Å². The van der Waals surface area contributed by atoms with Gasteiger partial charge in [0.1, 0.15) is 0 Å². The first-order chi connectivity index (χ1) is 14.0. The van der Waals surface area contributed by atoms with Gasteiger partial charge >= 0.3 is 6.03 Å². The van der Waals surface area contributed by atoms with E-state index in [0.717, 1.165) is 40.7 Å². The van der Waals surface area contributed by atoms with Crippen molar-refractivity contribution in [1.82, 2.24) is 14.8 Å². The number of carbonyl (C=O) groups excluding carboxylic acids is 2. The zero-order valence-corrected chi connectivity index (χ0v) is 16.8. The molecule has 3 amide bonds. The third kappa shape index (κ3) is 4.11. The highest BCUT2D eigenvalue weighted by Crippen LogP contribution is 2.27. The van der Waals surface area contributed by atoms with E-state index < -0.39 is 0 Å². The normalized spacial score (nSPS) is 16.6. The number of carbonyl (C=O) groups is 2. The van der Waals surface area contributed by atoms with Crippen molar-refractivity contribution in [3.05, 3.63) is 54.6 Å². The van der Waals surface area contributed by atoms with E-state index in [9.17, 15) is 9.59 Å². The summed E-state index contributed by atoms with van der Waals surface area (Å²) in [7, 11) is 3.48. The second-order valence-corrected chi connectivity index (χ2v) is 7.80. The number of likely N-dealkylation sites (tertiary alicyclic amines) is 1. The van der Waals surface area contributed by atoms with Crippen LogP contribution in [-0.4, -0.2) is 53.9 Å². The number of benzene rings is 2. The molecule has 1 aliphatic heterocycles. The molecule has 1 aromatic heterocycles. The molecule has 0 unspecified atom stereocenters. The lowest BCUT2D eigenvalue weighted by atomic mass is 9.97. The molecular weight excluding hydrogens is 364 g/mol. The molecule has 29 heavy (non-hydrogen) atoms. The van der Waals surface area contributed by atoms with Crippen LogP contribution in [0.25, 0.3) is 22.2 Å². The lowest BCUT2D eigenvalue weighted by Crippen LogP contribution is -2.47. The van der Waals surface area contributed by atoms with Crippen LogP contribution >= 0.6 is 0 Å². The van der Waals surface area contributed by atoms with Crippen LogP contribution in [0, 0.1) is 5.92 Å². The first-order valence-electron chi connectivity index (χ1n) is 9.96. The number of amides is 3. The van der Waals surface area contributed by atoms with E-state index in [2.05, 4.69) is 22.4 Å². The second-order valence-electron chi connectivity index (χ2n) is 7.80. The molecule has 6 nitrogen and oxygen atoms in total. The van der Waals surface area contributed by atoms with E-state index in [1.54, 1.807) is 23.9 Å². The lowest BCUT2D eigenvalue weighted by Gasteiger charge is -2.33. The van der Waals surface area contributed by atoms with Gasteiger partial charge in [0.05, 0.1) is 5.92 Å². The van der Waals surface area contributed by atoms with Gasteiger partial charge < -0.3 is 20.1 Å². The number of nitrogens with zero attached hydrogens (tertiary/aromatic N) is 2. The fourth-order valence-electron chi connectivity index (χ4n) is 3.89. The van der Waals surface area contributed by atoms with Crippen molar-refractivity contribution >= 4 is 28.5 Å². The standard InChI is InChI=1S/C23H26N4O2/c1-26(2)23(29)27-12-6-9-18(15-27)22(28)24-19-10-5-8-16(13-19)21-14-17-7-3-4-11-20(17)25-21/h3-5,7-8,10-11,13-14,18,25H,6,9,12,15H2,1-2H3,(H,24,28)/t18-/m1/s1. The summed E-state index contributed by atoms with van der Waals surface area (Å²) in [4.78, 5) is 31.8. The van der Waals surface area contributed by atoms with E-state index >= 15 is 0 Å². The molecule has 0 radical (unpaired) electrons. The number of H-pyrrole nitrogens is 1. The van der Waals surface area contributed by atoms with Crippen LogP contribution in [-0.2, 0) is 4.79 Å². The van der Waals surface area contributed by atoms with Gasteiger partial charge in [-0.15, -0.1) is 0 Å². The van der Waals surface area contributed by atoms with Crippen molar-refractivity contribution in [1.29, 1.82) is 0 Å². The van der Waals surface area contributed by atoms with Crippen LogP contribution in [0.1, 0.15) is 12.8 Å². The molecule has 6 heteroatoms. The Morgan fingerprint density at radius 3 is 2.72 bits per heavy atom. The molecule has 2 heterocycles. The number of hydrogen-bond donors (Lipinski definition) is 2. The van der Waals surface area contributed by atoms with Gasteiger partial charge in [-0.2, -0.15) is 0 Å². The summed E-state index contributed by atoms with van der Waals surface area (Å²) in [5.74, 6) is -0.223. The molecule has 0 bridgehead atoms. The molecule has 4 rings (SSSR count). The van der Waals surface area contributed by atoms with Gasteiger partial charge in [0.25, 0.3) is 0 Å². The van der Waals surface area contributed by atoms with Crippen LogP contribution in [0.3, 0.4) is 0 Å². The number of fused-ring (bicyclic) bond motifs is 1. The first kappa shape index (κ1) is 19.1. The zero-order valence-electron chi connectivity index (χ0n) is 16.8. The topological polar surface area (TPSA) is 68.4 Å². The highest BCUT2D eigenvalue weighted by molar-refractivity contribution is 5.94. The fraction of sp³-hybridized carbons (Fsp3) is 0.304. The third-order valence-electron chi connectivity index (χ3n) is 5.42. The smallest absolute Gasteiger partial charge is 0.319 e. The number of nitrogens with one attached hydrogen (secondary N) is 2. The van der Waals surface area contributed by atoms with Crippen molar-refractivity contribution < 1.29 is 9.59 Å². The number of hydrogen-bond acceptors (Lipinski definition) is 2. The molecule has 3 aromatic rings. The average Bonchev–Trinajstić information content (AvgIpc) is 3.18. The van der Waals surface area contributed by atoms with Crippen LogP contribution in [0.4, 0.5) is 10.5 Å². The van der Waals surface area contributed by atoms with Crippen molar-refractivity contribution in [2.24, 2.45) is 5.92 Å². The predicted molar refractivity (Wildman–Crippen MR) is 116 cm³/mol. The van der Waals surface area contributed by atoms with Crippen molar-refractivity contribution in [3.63, 3.8) is 0 Å². The molecule has 0 aliphatic carbocycles. The number of aromatic amines is 1. The molecule has 1 saturated heterocycles. The molecule has 1 fully saturated rings. The van der Waals surface area contributed by atoms with Gasteiger partial charge in [-0.05, 0) is 37.1 Å². The highest BCUT2D eigenvalue weighted by Gasteiger charge is 2.29. The Hall–Kier alpha value is -3.28. The third-order valence-corrected chi connectivity index (χ3v) is 5.42. The zero-order chi connectivity index (χ0) is 20.4. The minimum atomic E-state index is -0.190. The number of para-hydroxylation sites is 1. The Kier molecular flexibility index (Phi) is 5.25. The maximum Gasteiger partial charge on any atom is 0.319 e. The van der Waals surface area contributed by atoms with Crippen LogP contribution in [0.2, 0.25) is 0 Å². The lowest BCUT2D eigenvalue weighted by molar-refractivity contribution is -0.121. The van der Waals surface area contributed by atoms with E-state index in [1.807, 2.05) is 42.5 Å². The Morgan fingerprint density at radius 2 is 1.93 bits per heavy atom. The Labute approximate surface area is 170 Å². The molecule has 0 saturated carbocycles. The molecular formula is C23H26N4O2. The second kappa shape index (κ2) is 7.99. The van der Waals surface area contributed by atoms with Gasteiger partial charge in [0.15, 0.2) is 0 Å². The van der Waals surface area contributed by atoms with Crippen LogP contribution in [0.5, 0.6) is 0 Å². The molecule has 1 atom stereocenters. The number of anilines is 1. The predicted octanol–water partition coefficient (Wildman–Crippen LogP) is 4.17. The molecule has 150 valence electrons. The number of piperidine rings is 1. The van der Waals surface area contributed by atoms with E-state index in [-0.39, 0.29) is 17.9 Å². The van der Waals surface area contributed by atoms with Gasteiger partial charge in [-0.25, -0.2) is 4.79 Å². The number of aromatic nitrogens is 1. The summed E-state index contributed by atoms with van der Waals surface area (Å²) in [6, 6.07) is 18.1. The summed E-state index contributed by atoms with van der Waals surface area (Å²) in [5.41, 5.74) is 3.89. The number of rotatable bonds is 3. The SMILES string of the molecule is CN(C)C(=O)N1CCC[C@@H](C(=O)Nc2cccc(-c3cc4ccccc4[nH]3)c2)C1. The Bertz CT molecular complexity index is 1010. The fourth-order valence-corrected chi connectivity index (χ4v) is 3.89. The summed E-state index contributed by atoms with van der Waals surface area (Å²) in [5, 5.41) is 4.20. The maximum absolute atomic E-state index is 12.8. The number of urea groups is 1. The van der Waals surface area contributed by atoms with Gasteiger partial charge in [0, 0.05) is 55.0 Å². The summed E-state index contributed by atoms with van der Waals surface area (Å²) < 4.78 is 0. The minimum Gasteiger partial charge on any atom is -0.355 e. The van der Waals surface area contributed by atoms with E-state index in [4.69, 9.17) is 0 Å². The quantitative estimate of drug-likeness (QED) is 0.705. The minimum absolute atomic E-state index is 0.0324. The van der Waals surface area contributed by atoms with Crippen LogP contribution in [0.15, 0.2) is 54.6 Å². The van der Waals surface area contributed by atoms with Gasteiger partial charge in [-0.3, -0.25) is 4.79 Å². The largest absolute Gasteiger partial charge is 0.355 e. The van der Waals surface area contributed by atoms with Crippen molar-refractivity contribution in [2.45, 2.75) is 12.8 Å². The van der Waals surface area contributed by atoms with Crippen molar-refractivity contribution in [3.8, 4) is 11.3 Å². The van der Waals surface area contributed by atoms with Crippen molar-refractivity contribution in [2.75, 3.05) is 32.5 Å². The highest BCUT2D eigenvalue weighted by atomic mass is 16.2. The molecule has 1 aliphatic rings. The van der Waals surface area contributed by atoms with Crippen LogP contribution < -0.4 is 5.32 Å². The summed E-state index contributed by atoms with van der Waals surface area (Å²) in [6.07, 6.45) is 1.64. The average molecular weight is 390 g/mol. The van der Waals surface area contributed by atoms with Gasteiger partial charge in [-0.1, -0.05) is 30.3 Å². The summed E-state index contributed by atoms with van der Waals surface area (Å²) in [6.45, 7) is 1.17. The molecule has 2 N–H and O–H groups in total. The summed E-state index contributed by atoms with van der Waals surface area (Å²) >= 11 is 0. The Morgan fingerprint density at radius 1 is 1.10 bits per heavy atom. The van der Waals surface area contributed by atoms with Gasteiger partial charge in [0.2, 0.25) is 5.91 Å². The molecule has 2 aromatic carbocycles. The monoisotopic (exact) mass is 390 g/mol. The Balaban J connectivity index is 1.47. The first-order valence-corrected chi connectivity index (χ1v) is 9.96. The molecule has 0 spiro atoms. The van der Waals surface area contributed by atoms with E-state index in [0.29, 0.717) is 13.1 Å².